The zero-order valence-corrected chi connectivity index (χ0v) is 12.5. The van der Waals surface area contributed by atoms with Gasteiger partial charge in [-0.3, -0.25) is 0 Å². The van der Waals surface area contributed by atoms with E-state index in [2.05, 4.69) is 26.0 Å². The van der Waals surface area contributed by atoms with Crippen LogP contribution in [0.25, 0.3) is 0 Å². The van der Waals surface area contributed by atoms with Crippen LogP contribution in [0.3, 0.4) is 0 Å². The summed E-state index contributed by atoms with van der Waals surface area (Å²) >= 11 is 0. The molecular weight excluding hydrogens is 238 g/mol. The molecule has 2 N–H and O–H groups in total. The molecule has 0 spiro atoms. The maximum absolute atomic E-state index is 5.75. The molecule has 0 saturated heterocycles. The van der Waals surface area contributed by atoms with Crippen molar-refractivity contribution in [3.8, 4) is 11.5 Å². The van der Waals surface area contributed by atoms with E-state index in [1.165, 1.54) is 24.0 Å². The molecule has 1 unspecified atom stereocenters. The van der Waals surface area contributed by atoms with E-state index in [-0.39, 0.29) is 5.41 Å². The SMILES string of the molecule is COc1cc2c(cc1OC)C(C)(C)CCC2CCN. The van der Waals surface area contributed by atoms with Crippen molar-refractivity contribution < 1.29 is 9.47 Å². The standard InChI is InChI=1S/C16H25NO2/c1-16(2)7-5-11(6-8-17)12-9-14(18-3)15(19-4)10-13(12)16/h9-11H,5-8,17H2,1-4H3. The van der Waals surface area contributed by atoms with Gasteiger partial charge in [0.05, 0.1) is 14.2 Å². The summed E-state index contributed by atoms with van der Waals surface area (Å²) in [5.41, 5.74) is 8.72. The number of fused-ring (bicyclic) bond motifs is 1. The van der Waals surface area contributed by atoms with Crippen molar-refractivity contribution in [3.63, 3.8) is 0 Å². The van der Waals surface area contributed by atoms with Crippen LogP contribution in [-0.2, 0) is 5.41 Å². The Morgan fingerprint density at radius 2 is 1.84 bits per heavy atom. The van der Waals surface area contributed by atoms with Crippen LogP contribution < -0.4 is 15.2 Å². The lowest BCUT2D eigenvalue weighted by Gasteiger charge is -2.37. The van der Waals surface area contributed by atoms with E-state index in [0.717, 1.165) is 24.5 Å². The first-order chi connectivity index (χ1) is 9.03. The fourth-order valence-corrected chi connectivity index (χ4v) is 3.14. The largest absolute Gasteiger partial charge is 0.493 e. The first kappa shape index (κ1) is 14.2. The van der Waals surface area contributed by atoms with Crippen LogP contribution in [0.5, 0.6) is 11.5 Å². The van der Waals surface area contributed by atoms with Crippen molar-refractivity contribution >= 4 is 0 Å². The predicted octanol–water partition coefficient (Wildman–Crippen LogP) is 3.21. The zero-order chi connectivity index (χ0) is 14.0. The number of hydrogen-bond acceptors (Lipinski definition) is 3. The van der Waals surface area contributed by atoms with E-state index in [0.29, 0.717) is 5.92 Å². The zero-order valence-electron chi connectivity index (χ0n) is 12.5. The Bertz CT molecular complexity index is 454. The van der Waals surface area contributed by atoms with Crippen molar-refractivity contribution in [2.24, 2.45) is 5.73 Å². The average Bonchev–Trinajstić information content (AvgIpc) is 2.41. The normalized spacial score (nSPS) is 20.8. The van der Waals surface area contributed by atoms with Gasteiger partial charge in [0, 0.05) is 0 Å². The Morgan fingerprint density at radius 1 is 1.21 bits per heavy atom. The third kappa shape index (κ3) is 2.57. The van der Waals surface area contributed by atoms with Gasteiger partial charge in [-0.25, -0.2) is 0 Å². The van der Waals surface area contributed by atoms with Crippen LogP contribution in [0, 0.1) is 0 Å². The van der Waals surface area contributed by atoms with Gasteiger partial charge in [-0.15, -0.1) is 0 Å². The van der Waals surface area contributed by atoms with Gasteiger partial charge in [-0.2, -0.15) is 0 Å². The van der Waals surface area contributed by atoms with Gasteiger partial charge >= 0.3 is 0 Å². The predicted molar refractivity (Wildman–Crippen MR) is 78.2 cm³/mol. The summed E-state index contributed by atoms with van der Waals surface area (Å²) in [5, 5.41) is 0. The third-order valence-corrected chi connectivity index (χ3v) is 4.36. The van der Waals surface area contributed by atoms with E-state index in [9.17, 15) is 0 Å². The third-order valence-electron chi connectivity index (χ3n) is 4.36. The van der Waals surface area contributed by atoms with Crippen LogP contribution in [0.15, 0.2) is 12.1 Å². The Balaban J connectivity index is 2.54. The Hall–Kier alpha value is -1.22. The van der Waals surface area contributed by atoms with Gasteiger partial charge in [-0.1, -0.05) is 13.8 Å². The molecule has 0 fully saturated rings. The fraction of sp³-hybridized carbons (Fsp3) is 0.625. The molecule has 0 aliphatic heterocycles. The molecule has 1 aliphatic rings. The maximum atomic E-state index is 5.75. The molecule has 0 heterocycles. The van der Waals surface area contributed by atoms with E-state index in [1.54, 1.807) is 14.2 Å². The van der Waals surface area contributed by atoms with Crippen molar-refractivity contribution in [1.82, 2.24) is 0 Å². The van der Waals surface area contributed by atoms with Crippen LogP contribution in [-0.4, -0.2) is 20.8 Å². The summed E-state index contributed by atoms with van der Waals surface area (Å²) in [6.45, 7) is 5.34. The van der Waals surface area contributed by atoms with E-state index in [1.807, 2.05) is 0 Å². The van der Waals surface area contributed by atoms with Gasteiger partial charge in [0.25, 0.3) is 0 Å². The molecule has 1 aliphatic carbocycles. The molecule has 0 bridgehead atoms. The number of rotatable bonds is 4. The summed E-state index contributed by atoms with van der Waals surface area (Å²) in [4.78, 5) is 0. The summed E-state index contributed by atoms with van der Waals surface area (Å²) < 4.78 is 10.9. The van der Waals surface area contributed by atoms with Crippen molar-refractivity contribution in [1.29, 1.82) is 0 Å². The fourth-order valence-electron chi connectivity index (χ4n) is 3.14. The molecule has 1 aromatic rings. The Labute approximate surface area is 116 Å². The summed E-state index contributed by atoms with van der Waals surface area (Å²) in [5.74, 6) is 2.19. The van der Waals surface area contributed by atoms with Gasteiger partial charge in [0.15, 0.2) is 11.5 Å². The van der Waals surface area contributed by atoms with Crippen LogP contribution in [0.2, 0.25) is 0 Å². The van der Waals surface area contributed by atoms with E-state index < -0.39 is 0 Å². The van der Waals surface area contributed by atoms with E-state index in [4.69, 9.17) is 15.2 Å². The molecule has 1 aromatic carbocycles. The molecule has 2 rings (SSSR count). The van der Waals surface area contributed by atoms with Gasteiger partial charge in [0.2, 0.25) is 0 Å². The highest BCUT2D eigenvalue weighted by Gasteiger charge is 2.33. The Kier molecular flexibility index (Phi) is 4.04. The van der Waals surface area contributed by atoms with Crippen molar-refractivity contribution in [2.45, 2.75) is 44.4 Å². The van der Waals surface area contributed by atoms with Crippen LogP contribution in [0.4, 0.5) is 0 Å². The number of nitrogens with two attached hydrogens (primary N) is 1. The second-order valence-corrected chi connectivity index (χ2v) is 5.99. The van der Waals surface area contributed by atoms with Crippen molar-refractivity contribution in [2.75, 3.05) is 20.8 Å². The lowest BCUT2D eigenvalue weighted by Crippen LogP contribution is -2.27. The smallest absolute Gasteiger partial charge is 0.161 e. The molecule has 0 saturated carbocycles. The van der Waals surface area contributed by atoms with Gasteiger partial charge < -0.3 is 15.2 Å². The number of benzene rings is 1. The average molecular weight is 263 g/mol. The lowest BCUT2D eigenvalue weighted by atomic mass is 9.68. The molecule has 106 valence electrons. The minimum absolute atomic E-state index is 0.194. The van der Waals surface area contributed by atoms with Crippen molar-refractivity contribution in [3.05, 3.63) is 23.3 Å². The first-order valence-electron chi connectivity index (χ1n) is 7.00. The summed E-state index contributed by atoms with van der Waals surface area (Å²) in [7, 11) is 3.38. The second kappa shape index (κ2) is 5.41. The molecule has 1 atom stereocenters. The Morgan fingerprint density at radius 3 is 2.42 bits per heavy atom. The lowest BCUT2D eigenvalue weighted by molar-refractivity contribution is 0.342. The minimum atomic E-state index is 0.194. The highest BCUT2D eigenvalue weighted by Crippen LogP contribution is 2.47. The summed E-state index contributed by atoms with van der Waals surface area (Å²) in [6.07, 6.45) is 3.44. The van der Waals surface area contributed by atoms with Gasteiger partial charge in [-0.05, 0) is 60.4 Å². The molecule has 0 amide bonds. The molecule has 19 heavy (non-hydrogen) atoms. The molecule has 0 radical (unpaired) electrons. The number of ether oxygens (including phenoxy) is 2. The minimum Gasteiger partial charge on any atom is -0.493 e. The molecule has 3 heteroatoms. The highest BCUT2D eigenvalue weighted by molar-refractivity contribution is 5.52. The van der Waals surface area contributed by atoms with E-state index >= 15 is 0 Å². The summed E-state index contributed by atoms with van der Waals surface area (Å²) in [6, 6.07) is 4.30. The highest BCUT2D eigenvalue weighted by atomic mass is 16.5. The molecular formula is C16H25NO2. The first-order valence-corrected chi connectivity index (χ1v) is 7.00. The maximum Gasteiger partial charge on any atom is 0.161 e. The van der Waals surface area contributed by atoms with Crippen LogP contribution in [0.1, 0.15) is 50.2 Å². The van der Waals surface area contributed by atoms with Crippen LogP contribution >= 0.6 is 0 Å². The topological polar surface area (TPSA) is 44.5 Å². The molecule has 3 nitrogen and oxygen atoms in total. The number of hydrogen-bond donors (Lipinski definition) is 1. The second-order valence-electron chi connectivity index (χ2n) is 5.99. The van der Waals surface area contributed by atoms with Gasteiger partial charge in [0.1, 0.15) is 0 Å². The molecule has 0 aromatic heterocycles. The monoisotopic (exact) mass is 263 g/mol. The number of methoxy groups -OCH3 is 2. The quantitative estimate of drug-likeness (QED) is 0.907.